The van der Waals surface area contributed by atoms with Crippen molar-refractivity contribution in [1.82, 2.24) is 5.32 Å². The number of amides is 1. The third kappa shape index (κ3) is 4.32. The van der Waals surface area contributed by atoms with Crippen LogP contribution in [0, 0.1) is 0 Å². The zero-order chi connectivity index (χ0) is 13.5. The summed E-state index contributed by atoms with van der Waals surface area (Å²) in [6.07, 6.45) is 0.614. The van der Waals surface area contributed by atoms with Gasteiger partial charge in [-0.1, -0.05) is 29.3 Å². The maximum absolute atomic E-state index is 12.1. The molecule has 0 aliphatic carbocycles. The number of nitrogens with one attached hydrogen (secondary N) is 1. The van der Waals surface area contributed by atoms with E-state index in [1.807, 2.05) is 0 Å². The Morgan fingerprint density at radius 3 is 2.50 bits per heavy atom. The van der Waals surface area contributed by atoms with Gasteiger partial charge >= 0.3 is 0 Å². The molecule has 0 fully saturated rings. The van der Waals surface area contributed by atoms with Crippen LogP contribution in [-0.2, 0) is 4.74 Å². The van der Waals surface area contributed by atoms with E-state index in [4.69, 9.17) is 39.5 Å². The van der Waals surface area contributed by atoms with Crippen LogP contribution in [0.3, 0.4) is 0 Å². The highest BCUT2D eigenvalue weighted by Crippen LogP contribution is 2.24. The van der Waals surface area contributed by atoms with Crippen molar-refractivity contribution < 1.29 is 9.53 Å². The molecule has 3 nitrogen and oxygen atoms in total. The second-order valence-corrected chi connectivity index (χ2v) is 4.89. The van der Waals surface area contributed by atoms with E-state index < -0.39 is 0 Å². The van der Waals surface area contributed by atoms with Crippen molar-refractivity contribution in [3.8, 4) is 0 Å². The van der Waals surface area contributed by atoms with E-state index in [1.54, 1.807) is 25.3 Å². The second-order valence-electron chi connectivity index (χ2n) is 3.70. The molecule has 100 valence electrons. The largest absolute Gasteiger partial charge is 0.383 e. The summed E-state index contributed by atoms with van der Waals surface area (Å²) in [5.74, 6) is 0.114. The maximum atomic E-state index is 12.1. The molecule has 0 aliphatic heterocycles. The van der Waals surface area contributed by atoms with Crippen LogP contribution in [-0.4, -0.2) is 31.5 Å². The summed E-state index contributed by atoms with van der Waals surface area (Å²) < 4.78 is 5.01. The summed E-state index contributed by atoms with van der Waals surface area (Å²) in [4.78, 5) is 12.1. The molecule has 1 unspecified atom stereocenters. The number of hydrogen-bond acceptors (Lipinski definition) is 2. The van der Waals surface area contributed by atoms with E-state index in [0.717, 1.165) is 0 Å². The first-order valence-corrected chi connectivity index (χ1v) is 6.69. The molecule has 0 bridgehead atoms. The summed E-state index contributed by atoms with van der Waals surface area (Å²) in [5, 5.41) is 3.44. The fourth-order valence-corrected chi connectivity index (χ4v) is 2.33. The molecule has 0 heterocycles. The van der Waals surface area contributed by atoms with Crippen LogP contribution >= 0.6 is 34.8 Å². The van der Waals surface area contributed by atoms with Crippen molar-refractivity contribution in [1.29, 1.82) is 0 Å². The number of ether oxygens (including phenoxy) is 1. The van der Waals surface area contributed by atoms with Crippen LogP contribution in [0.4, 0.5) is 0 Å². The molecule has 1 amide bonds. The minimum absolute atomic E-state index is 0.160. The van der Waals surface area contributed by atoms with E-state index >= 15 is 0 Å². The minimum Gasteiger partial charge on any atom is -0.383 e. The van der Waals surface area contributed by atoms with Crippen molar-refractivity contribution in [2.24, 2.45) is 0 Å². The Hall–Kier alpha value is -0.480. The lowest BCUT2D eigenvalue weighted by Gasteiger charge is -2.17. The molecule has 0 radical (unpaired) electrons. The molecule has 0 aliphatic rings. The van der Waals surface area contributed by atoms with Crippen LogP contribution in [0.2, 0.25) is 10.0 Å². The van der Waals surface area contributed by atoms with E-state index in [-0.39, 0.29) is 17.5 Å². The summed E-state index contributed by atoms with van der Waals surface area (Å²) in [5.41, 5.74) is 0.275. The van der Waals surface area contributed by atoms with Gasteiger partial charge in [0.15, 0.2) is 0 Å². The topological polar surface area (TPSA) is 38.3 Å². The molecule has 0 spiro atoms. The number of carbonyl (C=O) groups excluding carboxylic acids is 1. The number of benzene rings is 1. The van der Waals surface area contributed by atoms with Crippen molar-refractivity contribution in [3.63, 3.8) is 0 Å². The van der Waals surface area contributed by atoms with Crippen LogP contribution in [0.25, 0.3) is 0 Å². The summed E-state index contributed by atoms with van der Waals surface area (Å²) >= 11 is 17.6. The van der Waals surface area contributed by atoms with Crippen molar-refractivity contribution in [2.75, 3.05) is 19.6 Å². The molecule has 18 heavy (non-hydrogen) atoms. The zero-order valence-corrected chi connectivity index (χ0v) is 12.1. The third-order valence-electron chi connectivity index (χ3n) is 2.35. The highest BCUT2D eigenvalue weighted by atomic mass is 35.5. The lowest BCUT2D eigenvalue weighted by molar-refractivity contribution is 0.0895. The molecule has 6 heteroatoms. The zero-order valence-electron chi connectivity index (χ0n) is 9.88. The predicted octanol–water partition coefficient (Wildman–Crippen LogP) is 3.37. The number of halogens is 3. The van der Waals surface area contributed by atoms with Gasteiger partial charge in [-0.3, -0.25) is 4.79 Å². The second kappa shape index (κ2) is 7.85. The monoisotopic (exact) mass is 309 g/mol. The van der Waals surface area contributed by atoms with Crippen molar-refractivity contribution >= 4 is 40.7 Å². The van der Waals surface area contributed by atoms with Crippen LogP contribution in [0.5, 0.6) is 0 Å². The first-order chi connectivity index (χ1) is 8.60. The van der Waals surface area contributed by atoms with Crippen molar-refractivity contribution in [2.45, 2.75) is 12.5 Å². The first-order valence-electron chi connectivity index (χ1n) is 5.40. The Balaban J connectivity index is 2.80. The quantitative estimate of drug-likeness (QED) is 0.818. The van der Waals surface area contributed by atoms with Gasteiger partial charge in [-0.15, -0.1) is 11.6 Å². The fraction of sp³-hybridized carbons (Fsp3) is 0.417. The molecular formula is C12H14Cl3NO2. The van der Waals surface area contributed by atoms with Gasteiger partial charge < -0.3 is 10.1 Å². The number of carbonyl (C=O) groups is 1. The molecule has 1 N–H and O–H groups in total. The summed E-state index contributed by atoms with van der Waals surface area (Å²) in [7, 11) is 1.57. The lowest BCUT2D eigenvalue weighted by Crippen LogP contribution is -2.38. The summed E-state index contributed by atoms with van der Waals surface area (Å²) in [6, 6.07) is 4.77. The molecule has 1 aromatic rings. The van der Waals surface area contributed by atoms with Gasteiger partial charge in [-0.2, -0.15) is 0 Å². The van der Waals surface area contributed by atoms with Gasteiger partial charge in [-0.25, -0.2) is 0 Å². The van der Waals surface area contributed by atoms with Gasteiger partial charge in [0, 0.05) is 13.0 Å². The SMILES string of the molecule is COCC(CCCl)NC(=O)c1c(Cl)cccc1Cl. The standard InChI is InChI=1S/C12H14Cl3NO2/c1-18-7-8(5-6-13)16-12(17)11-9(14)3-2-4-10(11)15/h2-4,8H,5-7H2,1H3,(H,16,17). The van der Waals surface area contributed by atoms with Crippen molar-refractivity contribution in [3.05, 3.63) is 33.8 Å². The van der Waals surface area contributed by atoms with Gasteiger partial charge in [0.05, 0.1) is 28.3 Å². The minimum atomic E-state index is -0.322. The summed E-state index contributed by atoms with van der Waals surface area (Å²) in [6.45, 7) is 0.389. The third-order valence-corrected chi connectivity index (χ3v) is 3.20. The molecule has 1 atom stereocenters. The van der Waals surface area contributed by atoms with Crippen LogP contribution < -0.4 is 5.32 Å². The fourth-order valence-electron chi connectivity index (χ4n) is 1.50. The molecule has 1 aromatic carbocycles. The van der Waals surface area contributed by atoms with Crippen LogP contribution in [0.1, 0.15) is 16.8 Å². The van der Waals surface area contributed by atoms with Gasteiger partial charge in [-0.05, 0) is 18.6 Å². The van der Waals surface area contributed by atoms with E-state index in [2.05, 4.69) is 5.32 Å². The Bertz CT molecular complexity index is 386. The van der Waals surface area contributed by atoms with Gasteiger partial charge in [0.25, 0.3) is 5.91 Å². The molecule has 0 saturated carbocycles. The average molecular weight is 311 g/mol. The Kier molecular flexibility index (Phi) is 6.79. The molecule has 0 aromatic heterocycles. The maximum Gasteiger partial charge on any atom is 0.254 e. The van der Waals surface area contributed by atoms with E-state index in [0.29, 0.717) is 29.0 Å². The normalized spacial score (nSPS) is 12.2. The van der Waals surface area contributed by atoms with E-state index in [1.165, 1.54) is 0 Å². The Labute approximate surface area is 121 Å². The number of hydrogen-bond donors (Lipinski definition) is 1. The first kappa shape index (κ1) is 15.6. The molecule has 1 rings (SSSR count). The Morgan fingerprint density at radius 2 is 2.00 bits per heavy atom. The number of methoxy groups -OCH3 is 1. The average Bonchev–Trinajstić information content (AvgIpc) is 2.29. The lowest BCUT2D eigenvalue weighted by atomic mass is 10.1. The van der Waals surface area contributed by atoms with Crippen LogP contribution in [0.15, 0.2) is 18.2 Å². The Morgan fingerprint density at radius 1 is 1.39 bits per heavy atom. The molecular weight excluding hydrogens is 296 g/mol. The molecule has 0 saturated heterocycles. The number of alkyl halides is 1. The van der Waals surface area contributed by atoms with E-state index in [9.17, 15) is 4.79 Å². The van der Waals surface area contributed by atoms with Gasteiger partial charge in [0.2, 0.25) is 0 Å². The highest BCUT2D eigenvalue weighted by Gasteiger charge is 2.18. The number of rotatable bonds is 6. The van der Waals surface area contributed by atoms with Gasteiger partial charge in [0.1, 0.15) is 0 Å². The highest BCUT2D eigenvalue weighted by molar-refractivity contribution is 6.39. The smallest absolute Gasteiger partial charge is 0.254 e. The predicted molar refractivity (Wildman–Crippen MR) is 74.9 cm³/mol.